The average molecular weight is 277 g/mol. The van der Waals surface area contributed by atoms with E-state index in [4.69, 9.17) is 9.52 Å². The number of aliphatic hydroxyl groups is 1. The Morgan fingerprint density at radius 2 is 2.10 bits per heavy atom. The van der Waals surface area contributed by atoms with Gasteiger partial charge >= 0.3 is 0 Å². The molecule has 0 spiro atoms. The molecule has 3 nitrogen and oxygen atoms in total. The molecule has 2 rings (SSSR count). The standard InChI is InChI=1S/C16H20FNO2/c1-3-13(10-19)18-9-14-5-7-16(20-14)15-6-4-12(17)8-11(15)2/h4-8,13,18-19H,3,9-10H2,1-2H3. The van der Waals surface area contributed by atoms with Gasteiger partial charge in [-0.15, -0.1) is 0 Å². The monoisotopic (exact) mass is 277 g/mol. The normalized spacial score (nSPS) is 12.6. The van der Waals surface area contributed by atoms with Crippen LogP contribution in [0.25, 0.3) is 11.3 Å². The summed E-state index contributed by atoms with van der Waals surface area (Å²) in [5, 5.41) is 12.3. The Labute approximate surface area is 118 Å². The number of aliphatic hydroxyl groups excluding tert-OH is 1. The summed E-state index contributed by atoms with van der Waals surface area (Å²) >= 11 is 0. The summed E-state index contributed by atoms with van der Waals surface area (Å²) in [6, 6.07) is 8.52. The van der Waals surface area contributed by atoms with E-state index in [-0.39, 0.29) is 18.5 Å². The minimum absolute atomic E-state index is 0.0797. The lowest BCUT2D eigenvalue weighted by Crippen LogP contribution is -2.30. The van der Waals surface area contributed by atoms with Crippen molar-refractivity contribution in [1.82, 2.24) is 5.32 Å². The third-order valence-electron chi connectivity index (χ3n) is 3.39. The summed E-state index contributed by atoms with van der Waals surface area (Å²) in [6.45, 7) is 4.56. The van der Waals surface area contributed by atoms with Gasteiger partial charge in [-0.2, -0.15) is 0 Å². The third-order valence-corrected chi connectivity index (χ3v) is 3.39. The lowest BCUT2D eigenvalue weighted by molar-refractivity contribution is 0.235. The predicted octanol–water partition coefficient (Wildman–Crippen LogP) is 3.25. The second-order valence-electron chi connectivity index (χ2n) is 4.89. The quantitative estimate of drug-likeness (QED) is 0.852. The van der Waals surface area contributed by atoms with Gasteiger partial charge in [-0.3, -0.25) is 0 Å². The predicted molar refractivity (Wildman–Crippen MR) is 76.8 cm³/mol. The van der Waals surface area contributed by atoms with Crippen molar-refractivity contribution in [2.75, 3.05) is 6.61 Å². The smallest absolute Gasteiger partial charge is 0.134 e. The molecule has 1 unspecified atom stereocenters. The van der Waals surface area contributed by atoms with E-state index in [9.17, 15) is 4.39 Å². The van der Waals surface area contributed by atoms with Crippen molar-refractivity contribution >= 4 is 0 Å². The van der Waals surface area contributed by atoms with Gasteiger partial charge in [0.05, 0.1) is 13.2 Å². The zero-order chi connectivity index (χ0) is 14.5. The van der Waals surface area contributed by atoms with Crippen LogP contribution in [0.1, 0.15) is 24.7 Å². The van der Waals surface area contributed by atoms with Crippen LogP contribution in [0.2, 0.25) is 0 Å². The summed E-state index contributed by atoms with van der Waals surface area (Å²) in [6.07, 6.45) is 0.862. The Morgan fingerprint density at radius 3 is 2.75 bits per heavy atom. The molecule has 1 aromatic carbocycles. The third kappa shape index (κ3) is 3.46. The number of nitrogens with one attached hydrogen (secondary N) is 1. The van der Waals surface area contributed by atoms with Crippen LogP contribution in [0, 0.1) is 12.7 Å². The Morgan fingerprint density at radius 1 is 1.30 bits per heavy atom. The molecular weight excluding hydrogens is 257 g/mol. The highest BCUT2D eigenvalue weighted by Gasteiger charge is 2.09. The number of rotatable bonds is 6. The van der Waals surface area contributed by atoms with E-state index in [0.29, 0.717) is 6.54 Å². The van der Waals surface area contributed by atoms with Crippen LogP contribution in [0.15, 0.2) is 34.7 Å². The zero-order valence-electron chi connectivity index (χ0n) is 11.8. The molecule has 2 aromatic rings. The van der Waals surface area contributed by atoms with Crippen molar-refractivity contribution < 1.29 is 13.9 Å². The van der Waals surface area contributed by atoms with Crippen molar-refractivity contribution in [3.63, 3.8) is 0 Å². The Bertz CT molecular complexity index is 561. The molecule has 0 aliphatic carbocycles. The number of benzene rings is 1. The summed E-state index contributed by atoms with van der Waals surface area (Å²) in [4.78, 5) is 0. The molecule has 1 heterocycles. The van der Waals surface area contributed by atoms with Crippen molar-refractivity contribution in [2.45, 2.75) is 32.9 Å². The molecule has 0 amide bonds. The number of aryl methyl sites for hydroxylation is 1. The van der Waals surface area contributed by atoms with Gasteiger partial charge in [0.2, 0.25) is 0 Å². The molecule has 1 atom stereocenters. The Kier molecular flexibility index (Phi) is 4.93. The van der Waals surface area contributed by atoms with Crippen LogP contribution >= 0.6 is 0 Å². The van der Waals surface area contributed by atoms with Gasteiger partial charge in [-0.1, -0.05) is 6.92 Å². The number of halogens is 1. The van der Waals surface area contributed by atoms with Crippen LogP contribution in [-0.4, -0.2) is 17.8 Å². The van der Waals surface area contributed by atoms with E-state index in [0.717, 1.165) is 29.1 Å². The van der Waals surface area contributed by atoms with Gasteiger partial charge in [0.25, 0.3) is 0 Å². The van der Waals surface area contributed by atoms with Gasteiger partial charge in [0, 0.05) is 11.6 Å². The maximum absolute atomic E-state index is 13.1. The van der Waals surface area contributed by atoms with Gasteiger partial charge in [0.1, 0.15) is 17.3 Å². The SMILES string of the molecule is CCC(CO)NCc1ccc(-c2ccc(F)cc2C)o1. The van der Waals surface area contributed by atoms with Gasteiger partial charge in [-0.05, 0) is 49.2 Å². The molecule has 1 aromatic heterocycles. The molecule has 0 bridgehead atoms. The first-order valence-electron chi connectivity index (χ1n) is 6.83. The molecule has 20 heavy (non-hydrogen) atoms. The lowest BCUT2D eigenvalue weighted by atomic mass is 10.1. The second-order valence-corrected chi connectivity index (χ2v) is 4.89. The molecule has 0 aliphatic heterocycles. The first-order chi connectivity index (χ1) is 9.63. The molecular formula is C16H20FNO2. The Hall–Kier alpha value is -1.65. The largest absolute Gasteiger partial charge is 0.460 e. The van der Waals surface area contributed by atoms with Gasteiger partial charge in [0.15, 0.2) is 0 Å². The van der Waals surface area contributed by atoms with E-state index in [1.165, 1.54) is 12.1 Å². The minimum atomic E-state index is -0.242. The number of hydrogen-bond acceptors (Lipinski definition) is 3. The fourth-order valence-electron chi connectivity index (χ4n) is 2.10. The van der Waals surface area contributed by atoms with Crippen LogP contribution < -0.4 is 5.32 Å². The maximum Gasteiger partial charge on any atom is 0.134 e. The van der Waals surface area contributed by atoms with Crippen LogP contribution in [0.3, 0.4) is 0 Å². The highest BCUT2D eigenvalue weighted by Crippen LogP contribution is 2.26. The molecule has 0 saturated carbocycles. The van der Waals surface area contributed by atoms with E-state index in [2.05, 4.69) is 5.32 Å². The minimum Gasteiger partial charge on any atom is -0.460 e. The molecule has 4 heteroatoms. The average Bonchev–Trinajstić information content (AvgIpc) is 2.88. The fraction of sp³-hybridized carbons (Fsp3) is 0.375. The van der Waals surface area contributed by atoms with Crippen LogP contribution in [0.4, 0.5) is 4.39 Å². The van der Waals surface area contributed by atoms with E-state index in [1.54, 1.807) is 6.07 Å². The highest BCUT2D eigenvalue weighted by molar-refractivity contribution is 5.62. The second kappa shape index (κ2) is 6.68. The van der Waals surface area contributed by atoms with Gasteiger partial charge < -0.3 is 14.8 Å². The maximum atomic E-state index is 13.1. The van der Waals surface area contributed by atoms with E-state index >= 15 is 0 Å². The molecule has 0 aliphatic rings. The summed E-state index contributed by atoms with van der Waals surface area (Å²) in [7, 11) is 0. The molecule has 0 fully saturated rings. The van der Waals surface area contributed by atoms with Crippen molar-refractivity contribution in [3.8, 4) is 11.3 Å². The molecule has 2 N–H and O–H groups in total. The topological polar surface area (TPSA) is 45.4 Å². The molecule has 0 radical (unpaired) electrons. The van der Waals surface area contributed by atoms with E-state index < -0.39 is 0 Å². The summed E-state index contributed by atoms with van der Waals surface area (Å²) in [5.74, 6) is 1.29. The molecule has 0 saturated heterocycles. The van der Waals surface area contributed by atoms with Crippen LogP contribution in [0.5, 0.6) is 0 Å². The zero-order valence-corrected chi connectivity index (χ0v) is 11.8. The summed E-state index contributed by atoms with van der Waals surface area (Å²) in [5.41, 5.74) is 1.74. The van der Waals surface area contributed by atoms with Crippen molar-refractivity contribution in [1.29, 1.82) is 0 Å². The van der Waals surface area contributed by atoms with Gasteiger partial charge in [-0.25, -0.2) is 4.39 Å². The van der Waals surface area contributed by atoms with Crippen molar-refractivity contribution in [3.05, 3.63) is 47.5 Å². The first kappa shape index (κ1) is 14.8. The number of hydrogen-bond donors (Lipinski definition) is 2. The number of furan rings is 1. The molecule has 108 valence electrons. The summed E-state index contributed by atoms with van der Waals surface area (Å²) < 4.78 is 18.9. The highest BCUT2D eigenvalue weighted by atomic mass is 19.1. The Balaban J connectivity index is 2.08. The first-order valence-corrected chi connectivity index (χ1v) is 6.83. The van der Waals surface area contributed by atoms with E-state index in [1.807, 2.05) is 26.0 Å². The van der Waals surface area contributed by atoms with Crippen LogP contribution in [-0.2, 0) is 6.54 Å². The lowest BCUT2D eigenvalue weighted by Gasteiger charge is -2.12. The van der Waals surface area contributed by atoms with Crippen molar-refractivity contribution in [2.24, 2.45) is 0 Å². The fourth-order valence-corrected chi connectivity index (χ4v) is 2.10.